The molecule has 2 heterocycles. The van der Waals surface area contributed by atoms with Gasteiger partial charge in [0.05, 0.1) is 10.9 Å². The number of alkyl halides is 2. The molecule has 2 aromatic carbocycles. The summed E-state index contributed by atoms with van der Waals surface area (Å²) in [6, 6.07) is 10.1. The number of halogens is 2. The molecule has 0 aliphatic heterocycles. The molecule has 2 N–H and O–H groups in total. The molecule has 2 aromatic heterocycles. The second-order valence-corrected chi connectivity index (χ2v) is 8.05. The summed E-state index contributed by atoms with van der Waals surface area (Å²) in [5.41, 5.74) is 1.81. The number of hydrogen-bond donors (Lipinski definition) is 2. The molecule has 0 bridgehead atoms. The minimum absolute atomic E-state index is 0.0614. The van der Waals surface area contributed by atoms with Crippen molar-refractivity contribution in [2.75, 3.05) is 0 Å². The van der Waals surface area contributed by atoms with Crippen LogP contribution in [0.4, 0.5) is 8.78 Å². The fourth-order valence-corrected chi connectivity index (χ4v) is 3.61. The smallest absolute Gasteiger partial charge is 0.387 e. The Morgan fingerprint density at radius 3 is 2.47 bits per heavy atom. The Hall–Kier alpha value is -3.59. The van der Waals surface area contributed by atoms with Crippen LogP contribution in [0.2, 0.25) is 0 Å². The second-order valence-electron chi connectivity index (χ2n) is 8.05. The van der Waals surface area contributed by atoms with E-state index in [-0.39, 0.29) is 23.6 Å². The highest BCUT2D eigenvalue weighted by Crippen LogP contribution is 2.30. The average Bonchev–Trinajstić information content (AvgIpc) is 3.02. The fourth-order valence-electron chi connectivity index (χ4n) is 3.61. The van der Waals surface area contributed by atoms with Crippen molar-refractivity contribution in [3.05, 3.63) is 76.1 Å². The van der Waals surface area contributed by atoms with Gasteiger partial charge in [-0.1, -0.05) is 18.2 Å². The van der Waals surface area contributed by atoms with E-state index in [1.165, 1.54) is 10.7 Å². The highest BCUT2D eigenvalue weighted by atomic mass is 19.3. The van der Waals surface area contributed by atoms with Crippen LogP contribution in [-0.2, 0) is 19.1 Å². The van der Waals surface area contributed by atoms with Crippen LogP contribution in [0, 0.1) is 0 Å². The maximum atomic E-state index is 12.8. The molecule has 166 valence electrons. The maximum Gasteiger partial charge on any atom is 0.387 e. The quantitative estimate of drug-likeness (QED) is 0.477. The molecular weight excluding hydrogens is 418 g/mol. The Kier molecular flexibility index (Phi) is 5.52. The number of H-pyrrole nitrogens is 1. The van der Waals surface area contributed by atoms with E-state index in [9.17, 15) is 18.7 Å². The van der Waals surface area contributed by atoms with E-state index >= 15 is 0 Å². The molecule has 0 aliphatic carbocycles. The van der Waals surface area contributed by atoms with E-state index in [4.69, 9.17) is 0 Å². The zero-order valence-electron chi connectivity index (χ0n) is 17.8. The van der Waals surface area contributed by atoms with Gasteiger partial charge in [0.1, 0.15) is 11.4 Å². The Morgan fingerprint density at radius 1 is 1.12 bits per heavy atom. The first kappa shape index (κ1) is 21.6. The number of aryl methyl sites for hydroxylation is 1. The summed E-state index contributed by atoms with van der Waals surface area (Å²) in [7, 11) is 1.61. The first-order chi connectivity index (χ1) is 15.1. The van der Waals surface area contributed by atoms with Crippen LogP contribution in [0.15, 0.2) is 53.6 Å². The lowest BCUT2D eigenvalue weighted by atomic mass is 9.96. The van der Waals surface area contributed by atoms with Gasteiger partial charge in [0, 0.05) is 31.4 Å². The first-order valence-electron chi connectivity index (χ1n) is 9.93. The summed E-state index contributed by atoms with van der Waals surface area (Å²) in [6.45, 7) is 0.244. The molecule has 9 heteroatoms. The summed E-state index contributed by atoms with van der Waals surface area (Å²) in [6.07, 6.45) is 3.41. The average molecular weight is 440 g/mol. The molecule has 0 fully saturated rings. The van der Waals surface area contributed by atoms with E-state index in [1.54, 1.807) is 51.5 Å². The van der Waals surface area contributed by atoms with Gasteiger partial charge in [-0.3, -0.25) is 14.6 Å². The zero-order chi connectivity index (χ0) is 23.0. The molecule has 0 radical (unpaired) electrons. The Bertz CT molecular complexity index is 1320. The number of hydrogen-bond acceptors (Lipinski definition) is 5. The lowest BCUT2D eigenvalue weighted by Gasteiger charge is -2.15. The lowest BCUT2D eigenvalue weighted by molar-refractivity contribution is -0.0503. The number of aromatic amines is 1. The molecular formula is C23H22F2N4O3. The summed E-state index contributed by atoms with van der Waals surface area (Å²) < 4.78 is 31.7. The summed E-state index contributed by atoms with van der Waals surface area (Å²) >= 11 is 0. The Morgan fingerprint density at radius 2 is 1.81 bits per heavy atom. The van der Waals surface area contributed by atoms with Gasteiger partial charge in [0.25, 0.3) is 5.56 Å². The first-order valence-corrected chi connectivity index (χ1v) is 9.93. The van der Waals surface area contributed by atoms with Gasteiger partial charge < -0.3 is 9.84 Å². The monoisotopic (exact) mass is 440 g/mol. The van der Waals surface area contributed by atoms with E-state index < -0.39 is 12.2 Å². The van der Waals surface area contributed by atoms with Crippen molar-refractivity contribution in [3.63, 3.8) is 0 Å². The number of benzene rings is 2. The number of aromatic nitrogens is 4. The lowest BCUT2D eigenvalue weighted by Crippen LogP contribution is -2.19. The van der Waals surface area contributed by atoms with Crippen molar-refractivity contribution in [2.45, 2.75) is 32.5 Å². The van der Waals surface area contributed by atoms with Crippen LogP contribution in [0.5, 0.6) is 5.75 Å². The maximum absolute atomic E-state index is 12.8. The minimum Gasteiger partial charge on any atom is -0.435 e. The largest absolute Gasteiger partial charge is 0.435 e. The van der Waals surface area contributed by atoms with Crippen LogP contribution >= 0.6 is 0 Å². The predicted molar refractivity (Wildman–Crippen MR) is 116 cm³/mol. The molecule has 0 aliphatic rings. The van der Waals surface area contributed by atoms with Crippen LogP contribution in [0.3, 0.4) is 0 Å². The number of para-hydroxylation sites is 1. The summed E-state index contributed by atoms with van der Waals surface area (Å²) in [5, 5.41) is 13.6. The van der Waals surface area contributed by atoms with Gasteiger partial charge in [-0.05, 0) is 48.7 Å². The molecule has 0 amide bonds. The Labute approximate surface area is 182 Å². The third kappa shape index (κ3) is 4.24. The van der Waals surface area contributed by atoms with Crippen molar-refractivity contribution in [2.24, 2.45) is 7.05 Å². The van der Waals surface area contributed by atoms with Crippen molar-refractivity contribution in [1.29, 1.82) is 0 Å². The minimum atomic E-state index is -2.95. The van der Waals surface area contributed by atoms with Crippen molar-refractivity contribution >= 4 is 10.9 Å². The highest BCUT2D eigenvalue weighted by Gasteiger charge is 2.20. The topological polar surface area (TPSA) is 93.0 Å². The normalized spacial score (nSPS) is 12.0. The number of nitrogens with zero attached hydrogens (tertiary/aromatic N) is 3. The third-order valence-electron chi connectivity index (χ3n) is 5.13. The van der Waals surface area contributed by atoms with Gasteiger partial charge in [-0.15, -0.1) is 0 Å². The van der Waals surface area contributed by atoms with Crippen LogP contribution in [0.25, 0.3) is 22.0 Å². The zero-order valence-corrected chi connectivity index (χ0v) is 17.8. The molecule has 7 nitrogen and oxygen atoms in total. The molecule has 0 spiro atoms. The molecule has 32 heavy (non-hydrogen) atoms. The van der Waals surface area contributed by atoms with E-state index in [1.807, 2.05) is 12.1 Å². The third-order valence-corrected chi connectivity index (χ3v) is 5.13. The summed E-state index contributed by atoms with van der Waals surface area (Å²) in [5.74, 6) is 0.347. The van der Waals surface area contributed by atoms with E-state index in [2.05, 4.69) is 19.8 Å². The van der Waals surface area contributed by atoms with Crippen LogP contribution < -0.4 is 10.3 Å². The number of rotatable bonds is 6. The fraction of sp³-hybridized carbons (Fsp3) is 0.261. The molecule has 0 atom stereocenters. The van der Waals surface area contributed by atoms with Crippen LogP contribution in [0.1, 0.15) is 30.8 Å². The number of nitrogens with one attached hydrogen (secondary N) is 1. The van der Waals surface area contributed by atoms with Gasteiger partial charge in [0.15, 0.2) is 5.82 Å². The number of fused-ring (bicyclic) bond motifs is 1. The van der Waals surface area contributed by atoms with Crippen molar-refractivity contribution in [3.8, 4) is 16.9 Å². The molecule has 4 rings (SSSR count). The number of ether oxygens (including phenoxy) is 1. The van der Waals surface area contributed by atoms with Crippen LogP contribution in [-0.4, -0.2) is 31.5 Å². The van der Waals surface area contributed by atoms with Crippen molar-refractivity contribution < 1.29 is 18.6 Å². The Balaban J connectivity index is 1.83. The van der Waals surface area contributed by atoms with Gasteiger partial charge in [0.2, 0.25) is 0 Å². The molecule has 4 aromatic rings. The van der Waals surface area contributed by atoms with E-state index in [0.717, 1.165) is 5.56 Å². The molecule has 0 unspecified atom stereocenters. The van der Waals surface area contributed by atoms with Gasteiger partial charge >= 0.3 is 6.61 Å². The van der Waals surface area contributed by atoms with Gasteiger partial charge in [-0.25, -0.2) is 9.97 Å². The van der Waals surface area contributed by atoms with Gasteiger partial charge in [-0.2, -0.15) is 8.78 Å². The summed E-state index contributed by atoms with van der Waals surface area (Å²) in [4.78, 5) is 21.2. The van der Waals surface area contributed by atoms with E-state index in [0.29, 0.717) is 27.6 Å². The molecule has 0 saturated carbocycles. The number of aliphatic hydroxyl groups is 1. The highest BCUT2D eigenvalue weighted by molar-refractivity contribution is 5.87. The van der Waals surface area contributed by atoms with Crippen molar-refractivity contribution in [1.82, 2.24) is 19.7 Å². The molecule has 0 saturated heterocycles. The second kappa shape index (κ2) is 8.16. The SMILES string of the molecule is Cn1[nH]c2cc(-c3cnc(C(C)(C)O)nc3)cc(Cc3ccccc3OC(F)F)c2c1=O. The predicted octanol–water partition coefficient (Wildman–Crippen LogP) is 3.74. The standard InChI is InChI=1S/C23H22F2N4O3/c1-23(2,31)21-26-11-16(12-27-21)14-9-15(19-17(10-14)28-29(3)20(19)30)8-13-6-4-5-7-18(13)32-22(24)25/h4-7,9-12,22,28,31H,8H2,1-3H3.